The van der Waals surface area contributed by atoms with Gasteiger partial charge in [0, 0.05) is 0 Å². The predicted octanol–water partition coefficient (Wildman–Crippen LogP) is 4.11. The lowest BCUT2D eigenvalue weighted by molar-refractivity contribution is 0.0693. The molecule has 0 spiro atoms. The summed E-state index contributed by atoms with van der Waals surface area (Å²) in [4.78, 5) is 11.1. The molecule has 0 radical (unpaired) electrons. The predicted molar refractivity (Wildman–Crippen MR) is 74.8 cm³/mol. The molecule has 0 heterocycles. The first kappa shape index (κ1) is 14.3. The standard InChI is InChI=1S/C15H12ClFO3/c1-2-8-5-10(6-11(14(8)18)15(19)20)9-3-4-13(17)12(16)7-9/h3-7,18H,2H2,1H3,(H,19,20). The molecule has 2 N–H and O–H groups in total. The molecule has 5 heteroatoms. The van der Waals surface area contributed by atoms with Crippen molar-refractivity contribution in [1.82, 2.24) is 0 Å². The molecule has 0 amide bonds. The van der Waals surface area contributed by atoms with Crippen molar-refractivity contribution in [2.75, 3.05) is 0 Å². The average molecular weight is 295 g/mol. The highest BCUT2D eigenvalue weighted by Gasteiger charge is 2.16. The first-order valence-corrected chi connectivity index (χ1v) is 6.36. The van der Waals surface area contributed by atoms with E-state index >= 15 is 0 Å². The fourth-order valence-electron chi connectivity index (χ4n) is 1.97. The number of hydrogen-bond acceptors (Lipinski definition) is 2. The number of carboxylic acid groups (broad SMARTS) is 1. The minimum absolute atomic E-state index is 0.0366. The van der Waals surface area contributed by atoms with Gasteiger partial charge in [-0.1, -0.05) is 24.6 Å². The van der Waals surface area contributed by atoms with E-state index in [-0.39, 0.29) is 16.3 Å². The number of phenols is 1. The second-order valence-electron chi connectivity index (χ2n) is 4.32. The van der Waals surface area contributed by atoms with Gasteiger partial charge in [-0.25, -0.2) is 9.18 Å². The Hall–Kier alpha value is -2.07. The molecular formula is C15H12ClFO3. The SMILES string of the molecule is CCc1cc(-c2ccc(F)c(Cl)c2)cc(C(=O)O)c1O. The molecular weight excluding hydrogens is 283 g/mol. The van der Waals surface area contributed by atoms with Crippen LogP contribution >= 0.6 is 11.6 Å². The third-order valence-corrected chi connectivity index (χ3v) is 3.34. The van der Waals surface area contributed by atoms with Crippen LogP contribution < -0.4 is 0 Å². The van der Waals surface area contributed by atoms with E-state index in [9.17, 15) is 14.3 Å². The molecule has 0 aromatic heterocycles. The van der Waals surface area contributed by atoms with Gasteiger partial charge in [0.05, 0.1) is 5.02 Å². The summed E-state index contributed by atoms with van der Waals surface area (Å²) in [5.41, 5.74) is 1.49. The van der Waals surface area contributed by atoms with E-state index in [2.05, 4.69) is 0 Å². The van der Waals surface area contributed by atoms with E-state index in [0.29, 0.717) is 23.1 Å². The number of benzene rings is 2. The normalized spacial score (nSPS) is 10.6. The molecule has 0 aliphatic heterocycles. The van der Waals surface area contributed by atoms with Gasteiger partial charge in [0.1, 0.15) is 17.1 Å². The summed E-state index contributed by atoms with van der Waals surface area (Å²) in [6, 6.07) is 7.18. The Morgan fingerprint density at radius 2 is 1.95 bits per heavy atom. The smallest absolute Gasteiger partial charge is 0.339 e. The highest BCUT2D eigenvalue weighted by molar-refractivity contribution is 6.31. The topological polar surface area (TPSA) is 57.5 Å². The number of hydrogen-bond donors (Lipinski definition) is 2. The number of carboxylic acids is 1. The molecule has 0 saturated carbocycles. The van der Waals surface area contributed by atoms with Gasteiger partial charge >= 0.3 is 5.97 Å². The monoisotopic (exact) mass is 294 g/mol. The van der Waals surface area contributed by atoms with Crippen LogP contribution in [0.25, 0.3) is 11.1 Å². The Balaban J connectivity index is 2.64. The van der Waals surface area contributed by atoms with Gasteiger partial charge in [-0.2, -0.15) is 0 Å². The zero-order valence-corrected chi connectivity index (χ0v) is 11.4. The lowest BCUT2D eigenvalue weighted by atomic mass is 9.97. The van der Waals surface area contributed by atoms with Crippen molar-refractivity contribution in [3.8, 4) is 16.9 Å². The second kappa shape index (κ2) is 5.51. The van der Waals surface area contributed by atoms with Crippen LogP contribution in [0.5, 0.6) is 5.75 Å². The Kier molecular flexibility index (Phi) is 3.95. The van der Waals surface area contributed by atoms with E-state index in [1.807, 2.05) is 6.92 Å². The van der Waals surface area contributed by atoms with Crippen molar-refractivity contribution in [3.63, 3.8) is 0 Å². The van der Waals surface area contributed by atoms with Crippen molar-refractivity contribution >= 4 is 17.6 Å². The van der Waals surface area contributed by atoms with Crippen molar-refractivity contribution < 1.29 is 19.4 Å². The zero-order chi connectivity index (χ0) is 14.9. The van der Waals surface area contributed by atoms with Crippen LogP contribution in [0.4, 0.5) is 4.39 Å². The van der Waals surface area contributed by atoms with Gasteiger partial charge < -0.3 is 10.2 Å². The molecule has 20 heavy (non-hydrogen) atoms. The minimum Gasteiger partial charge on any atom is -0.507 e. The summed E-state index contributed by atoms with van der Waals surface area (Å²) in [6.07, 6.45) is 0.481. The first-order chi connectivity index (χ1) is 9.43. The quantitative estimate of drug-likeness (QED) is 0.895. The maximum absolute atomic E-state index is 13.2. The fraction of sp³-hybridized carbons (Fsp3) is 0.133. The molecule has 0 fully saturated rings. The molecule has 3 nitrogen and oxygen atoms in total. The molecule has 0 aliphatic carbocycles. The third-order valence-electron chi connectivity index (χ3n) is 3.05. The molecule has 2 aromatic rings. The number of carbonyl (C=O) groups is 1. The summed E-state index contributed by atoms with van der Waals surface area (Å²) >= 11 is 5.73. The van der Waals surface area contributed by atoms with Crippen molar-refractivity contribution in [2.24, 2.45) is 0 Å². The van der Waals surface area contributed by atoms with Gasteiger partial charge in [0.15, 0.2) is 0 Å². The largest absolute Gasteiger partial charge is 0.507 e. The average Bonchev–Trinajstić information content (AvgIpc) is 2.42. The molecule has 2 rings (SSSR count). The number of aryl methyl sites for hydroxylation is 1. The molecule has 0 atom stereocenters. The van der Waals surface area contributed by atoms with E-state index in [1.54, 1.807) is 6.07 Å². The number of rotatable bonds is 3. The van der Waals surface area contributed by atoms with Crippen molar-refractivity contribution in [1.29, 1.82) is 0 Å². The summed E-state index contributed by atoms with van der Waals surface area (Å²) in [5, 5.41) is 18.9. The number of aromatic hydroxyl groups is 1. The van der Waals surface area contributed by atoms with E-state index < -0.39 is 11.8 Å². The Morgan fingerprint density at radius 3 is 2.50 bits per heavy atom. The molecule has 0 aliphatic rings. The molecule has 0 saturated heterocycles. The van der Waals surface area contributed by atoms with Gasteiger partial charge in [0.2, 0.25) is 0 Å². The van der Waals surface area contributed by atoms with E-state index in [1.165, 1.54) is 24.3 Å². The highest BCUT2D eigenvalue weighted by Crippen LogP contribution is 2.32. The van der Waals surface area contributed by atoms with Gasteiger partial charge in [-0.15, -0.1) is 0 Å². The zero-order valence-electron chi connectivity index (χ0n) is 10.7. The molecule has 0 unspecified atom stereocenters. The van der Waals surface area contributed by atoms with Gasteiger partial charge in [0.25, 0.3) is 0 Å². The van der Waals surface area contributed by atoms with Crippen LogP contribution in [0.3, 0.4) is 0 Å². The van der Waals surface area contributed by atoms with Crippen LogP contribution in [-0.2, 0) is 6.42 Å². The Morgan fingerprint density at radius 1 is 1.25 bits per heavy atom. The second-order valence-corrected chi connectivity index (χ2v) is 4.73. The summed E-state index contributed by atoms with van der Waals surface area (Å²) in [7, 11) is 0. The minimum atomic E-state index is -1.22. The fourth-order valence-corrected chi connectivity index (χ4v) is 2.15. The van der Waals surface area contributed by atoms with Gasteiger partial charge in [-0.05, 0) is 47.4 Å². The molecule has 2 aromatic carbocycles. The van der Waals surface area contributed by atoms with Crippen molar-refractivity contribution in [3.05, 3.63) is 52.3 Å². The van der Waals surface area contributed by atoms with E-state index in [0.717, 1.165) is 0 Å². The maximum Gasteiger partial charge on any atom is 0.339 e. The number of aromatic carboxylic acids is 1. The number of halogens is 2. The first-order valence-electron chi connectivity index (χ1n) is 5.98. The maximum atomic E-state index is 13.2. The van der Waals surface area contributed by atoms with Crippen LogP contribution in [0.1, 0.15) is 22.8 Å². The highest BCUT2D eigenvalue weighted by atomic mass is 35.5. The third kappa shape index (κ3) is 2.60. The summed E-state index contributed by atoms with van der Waals surface area (Å²) < 4.78 is 13.2. The molecule has 104 valence electrons. The van der Waals surface area contributed by atoms with Gasteiger partial charge in [-0.3, -0.25) is 0 Å². The van der Waals surface area contributed by atoms with Crippen LogP contribution in [-0.4, -0.2) is 16.2 Å². The lowest BCUT2D eigenvalue weighted by Gasteiger charge is -2.10. The lowest BCUT2D eigenvalue weighted by Crippen LogP contribution is -2.00. The van der Waals surface area contributed by atoms with Crippen molar-refractivity contribution in [2.45, 2.75) is 13.3 Å². The van der Waals surface area contributed by atoms with Crippen LogP contribution in [0.2, 0.25) is 5.02 Å². The summed E-state index contributed by atoms with van der Waals surface area (Å²) in [6.45, 7) is 1.81. The Labute approximate surface area is 120 Å². The van der Waals surface area contributed by atoms with E-state index in [4.69, 9.17) is 16.7 Å². The molecule has 0 bridgehead atoms. The Bertz CT molecular complexity index is 683. The van der Waals surface area contributed by atoms with Crippen LogP contribution in [0, 0.1) is 5.82 Å². The van der Waals surface area contributed by atoms with Crippen LogP contribution in [0.15, 0.2) is 30.3 Å². The summed E-state index contributed by atoms with van der Waals surface area (Å²) in [5.74, 6) is -1.99.